The summed E-state index contributed by atoms with van der Waals surface area (Å²) in [6.07, 6.45) is 3.34. The highest BCUT2D eigenvalue weighted by molar-refractivity contribution is 8.00. The average molecular weight is 253 g/mol. The number of rotatable bonds is 7. The number of benzene rings is 1. The summed E-state index contributed by atoms with van der Waals surface area (Å²) in [7, 11) is 1.70. The molecule has 1 aromatic rings. The van der Waals surface area contributed by atoms with Crippen LogP contribution in [0.5, 0.6) is 5.75 Å². The second-order valence-electron chi connectivity index (χ2n) is 4.20. The molecule has 3 heteroatoms. The summed E-state index contributed by atoms with van der Waals surface area (Å²) in [6.45, 7) is 4.39. The zero-order chi connectivity index (χ0) is 12.7. The molecule has 1 aromatic carbocycles. The number of hydrogen-bond acceptors (Lipinski definition) is 3. The smallest absolute Gasteiger partial charge is 0.119 e. The topological polar surface area (TPSA) is 35.2 Å². The summed E-state index contributed by atoms with van der Waals surface area (Å²) in [5.74, 6) is 0.911. The highest BCUT2D eigenvalue weighted by atomic mass is 32.2. The minimum absolute atomic E-state index is 0.279. The van der Waals surface area contributed by atoms with Crippen molar-refractivity contribution in [2.24, 2.45) is 5.73 Å². The lowest BCUT2D eigenvalue weighted by Gasteiger charge is -2.21. The first-order chi connectivity index (χ1) is 8.21. The van der Waals surface area contributed by atoms with E-state index in [-0.39, 0.29) is 6.04 Å². The van der Waals surface area contributed by atoms with Gasteiger partial charge in [0.1, 0.15) is 5.75 Å². The van der Waals surface area contributed by atoms with Crippen LogP contribution in [0.3, 0.4) is 0 Å². The molecule has 0 amide bonds. The Morgan fingerprint density at radius 3 is 2.71 bits per heavy atom. The molecule has 0 heterocycles. The van der Waals surface area contributed by atoms with E-state index in [9.17, 15) is 0 Å². The third-order valence-electron chi connectivity index (χ3n) is 2.83. The van der Waals surface area contributed by atoms with Crippen molar-refractivity contribution < 1.29 is 4.74 Å². The molecule has 96 valence electrons. The van der Waals surface area contributed by atoms with Crippen LogP contribution in [0.15, 0.2) is 29.2 Å². The van der Waals surface area contributed by atoms with Crippen LogP contribution in [0.1, 0.15) is 33.1 Å². The molecule has 0 radical (unpaired) electrons. The fourth-order valence-corrected chi connectivity index (χ4v) is 3.01. The van der Waals surface area contributed by atoms with Crippen molar-refractivity contribution in [3.63, 3.8) is 0 Å². The Labute approximate surface area is 109 Å². The highest BCUT2D eigenvalue weighted by Crippen LogP contribution is 2.30. The number of nitrogens with two attached hydrogens (primary N) is 1. The average Bonchev–Trinajstić information content (AvgIpc) is 2.36. The minimum atomic E-state index is 0.279. The normalized spacial score (nSPS) is 14.4. The maximum absolute atomic E-state index is 6.21. The van der Waals surface area contributed by atoms with E-state index < -0.39 is 0 Å². The zero-order valence-corrected chi connectivity index (χ0v) is 11.8. The first kappa shape index (κ1) is 14.4. The molecule has 0 fully saturated rings. The second kappa shape index (κ2) is 7.62. The van der Waals surface area contributed by atoms with E-state index in [1.165, 1.54) is 4.90 Å². The molecule has 2 nitrogen and oxygen atoms in total. The summed E-state index contributed by atoms with van der Waals surface area (Å²) in [5.41, 5.74) is 6.21. The Bertz CT molecular complexity index is 330. The van der Waals surface area contributed by atoms with Crippen molar-refractivity contribution in [3.8, 4) is 5.75 Å². The van der Waals surface area contributed by atoms with Crippen molar-refractivity contribution in [3.05, 3.63) is 24.3 Å². The lowest BCUT2D eigenvalue weighted by molar-refractivity contribution is 0.413. The maximum Gasteiger partial charge on any atom is 0.119 e. The summed E-state index contributed by atoms with van der Waals surface area (Å²) in [4.78, 5) is 1.24. The van der Waals surface area contributed by atoms with Crippen molar-refractivity contribution in [2.45, 2.75) is 49.3 Å². The molecule has 1 rings (SSSR count). The Morgan fingerprint density at radius 2 is 2.12 bits per heavy atom. The van der Waals surface area contributed by atoms with Crippen LogP contribution in [0.25, 0.3) is 0 Å². The van der Waals surface area contributed by atoms with Gasteiger partial charge in [0.25, 0.3) is 0 Å². The number of thioether (sulfide) groups is 1. The Morgan fingerprint density at radius 1 is 1.35 bits per heavy atom. The second-order valence-corrected chi connectivity index (χ2v) is 5.51. The molecule has 2 unspecified atom stereocenters. The van der Waals surface area contributed by atoms with Crippen LogP contribution in [-0.4, -0.2) is 18.4 Å². The van der Waals surface area contributed by atoms with Gasteiger partial charge in [0.15, 0.2) is 0 Å². The molecular formula is C14H23NOS. The Balaban J connectivity index is 2.66. The predicted octanol–water partition coefficient (Wildman–Crippen LogP) is 3.69. The van der Waals surface area contributed by atoms with Gasteiger partial charge in [-0.15, -0.1) is 11.8 Å². The molecule has 0 aromatic heterocycles. The summed E-state index contributed by atoms with van der Waals surface area (Å²) >= 11 is 1.86. The molecule has 2 atom stereocenters. The van der Waals surface area contributed by atoms with Gasteiger partial charge < -0.3 is 10.5 Å². The lowest BCUT2D eigenvalue weighted by Crippen LogP contribution is -2.31. The monoisotopic (exact) mass is 253 g/mol. The van der Waals surface area contributed by atoms with E-state index in [1.807, 2.05) is 23.9 Å². The largest absolute Gasteiger partial charge is 0.497 e. The number of ether oxygens (including phenoxy) is 1. The summed E-state index contributed by atoms with van der Waals surface area (Å²) in [5, 5.41) is 0.488. The molecule has 0 aliphatic heterocycles. The fraction of sp³-hybridized carbons (Fsp3) is 0.571. The van der Waals surface area contributed by atoms with E-state index in [0.29, 0.717) is 5.25 Å². The van der Waals surface area contributed by atoms with Crippen LogP contribution >= 0.6 is 11.8 Å². The number of hydrogen-bond donors (Lipinski definition) is 1. The van der Waals surface area contributed by atoms with Crippen LogP contribution in [0.2, 0.25) is 0 Å². The quantitative estimate of drug-likeness (QED) is 0.753. The van der Waals surface area contributed by atoms with Crippen molar-refractivity contribution in [2.75, 3.05) is 7.11 Å². The van der Waals surface area contributed by atoms with E-state index >= 15 is 0 Å². The molecule has 0 spiro atoms. The highest BCUT2D eigenvalue weighted by Gasteiger charge is 2.16. The maximum atomic E-state index is 6.21. The van der Waals surface area contributed by atoms with E-state index in [1.54, 1.807) is 7.11 Å². The first-order valence-electron chi connectivity index (χ1n) is 6.27. The lowest BCUT2D eigenvalue weighted by atomic mass is 10.1. The van der Waals surface area contributed by atoms with Gasteiger partial charge in [0.2, 0.25) is 0 Å². The van der Waals surface area contributed by atoms with Gasteiger partial charge in [0.05, 0.1) is 7.11 Å². The van der Waals surface area contributed by atoms with Crippen molar-refractivity contribution in [1.29, 1.82) is 0 Å². The van der Waals surface area contributed by atoms with Crippen LogP contribution in [0, 0.1) is 0 Å². The van der Waals surface area contributed by atoms with Gasteiger partial charge in [-0.05, 0) is 31.0 Å². The van der Waals surface area contributed by atoms with Gasteiger partial charge in [-0.25, -0.2) is 0 Å². The van der Waals surface area contributed by atoms with Gasteiger partial charge in [-0.2, -0.15) is 0 Å². The third kappa shape index (κ3) is 4.60. The Kier molecular flexibility index (Phi) is 6.45. The molecule has 0 saturated carbocycles. The molecule has 2 N–H and O–H groups in total. The van der Waals surface area contributed by atoms with Crippen molar-refractivity contribution >= 4 is 11.8 Å². The standard InChI is InChI=1S/C14H23NOS/c1-4-7-13(15)14(5-2)17-12-9-6-8-11(10-12)16-3/h6,8-10,13-14H,4-5,7,15H2,1-3H3. The van der Waals surface area contributed by atoms with Gasteiger partial charge in [-0.1, -0.05) is 26.3 Å². The van der Waals surface area contributed by atoms with E-state index in [4.69, 9.17) is 10.5 Å². The van der Waals surface area contributed by atoms with Crippen LogP contribution in [-0.2, 0) is 0 Å². The first-order valence-corrected chi connectivity index (χ1v) is 7.15. The van der Waals surface area contributed by atoms with E-state index in [2.05, 4.69) is 26.0 Å². The predicted molar refractivity (Wildman–Crippen MR) is 75.8 cm³/mol. The van der Waals surface area contributed by atoms with E-state index in [0.717, 1.165) is 25.0 Å². The molecule has 0 bridgehead atoms. The van der Waals surface area contributed by atoms with Crippen LogP contribution < -0.4 is 10.5 Å². The molecule has 0 saturated heterocycles. The fourth-order valence-electron chi connectivity index (χ4n) is 1.84. The number of methoxy groups -OCH3 is 1. The van der Waals surface area contributed by atoms with Gasteiger partial charge >= 0.3 is 0 Å². The molecule has 0 aliphatic rings. The summed E-state index contributed by atoms with van der Waals surface area (Å²) < 4.78 is 5.23. The van der Waals surface area contributed by atoms with Crippen molar-refractivity contribution in [1.82, 2.24) is 0 Å². The van der Waals surface area contributed by atoms with Gasteiger partial charge in [-0.3, -0.25) is 0 Å². The third-order valence-corrected chi connectivity index (χ3v) is 4.34. The van der Waals surface area contributed by atoms with Crippen LogP contribution in [0.4, 0.5) is 0 Å². The molecular weight excluding hydrogens is 230 g/mol. The molecule has 17 heavy (non-hydrogen) atoms. The molecule has 0 aliphatic carbocycles. The SMILES string of the molecule is CCCC(N)C(CC)Sc1cccc(OC)c1. The Hall–Kier alpha value is -0.670. The van der Waals surface area contributed by atoms with Gasteiger partial charge in [0, 0.05) is 16.2 Å². The summed E-state index contributed by atoms with van der Waals surface area (Å²) in [6, 6.07) is 8.47. The zero-order valence-electron chi connectivity index (χ0n) is 11.0. The minimum Gasteiger partial charge on any atom is -0.497 e.